The van der Waals surface area contributed by atoms with E-state index in [-0.39, 0.29) is 25.6 Å². The third kappa shape index (κ3) is 7.86. The van der Waals surface area contributed by atoms with Gasteiger partial charge in [0, 0.05) is 6.61 Å². The van der Waals surface area contributed by atoms with Gasteiger partial charge in [-0.15, -0.1) is 0 Å². The molecular weight excluding hydrogens is 467 g/mol. The first-order chi connectivity index (χ1) is 17.2. The molecule has 0 radical (unpaired) electrons. The molecule has 0 spiro atoms. The van der Waals surface area contributed by atoms with Crippen molar-refractivity contribution in [1.29, 1.82) is 0 Å². The third-order valence-corrected chi connectivity index (χ3v) is 5.79. The van der Waals surface area contributed by atoms with Crippen molar-refractivity contribution in [2.45, 2.75) is 70.4 Å². The van der Waals surface area contributed by atoms with Crippen LogP contribution in [0, 0.1) is 0 Å². The van der Waals surface area contributed by atoms with Gasteiger partial charge in [-0.1, -0.05) is 30.3 Å². The van der Waals surface area contributed by atoms with Crippen LogP contribution in [0.25, 0.3) is 0 Å². The second-order valence-electron chi connectivity index (χ2n) is 9.14. The van der Waals surface area contributed by atoms with Crippen molar-refractivity contribution in [2.75, 3.05) is 13.7 Å². The van der Waals surface area contributed by atoms with E-state index in [0.717, 1.165) is 11.3 Å². The zero-order valence-electron chi connectivity index (χ0n) is 21.2. The first-order valence-corrected chi connectivity index (χ1v) is 12.0. The molecule has 2 aromatic rings. The van der Waals surface area contributed by atoms with Gasteiger partial charge in [0.25, 0.3) is 0 Å². The molecule has 8 heteroatoms. The van der Waals surface area contributed by atoms with Crippen LogP contribution in [-0.4, -0.2) is 55.0 Å². The average Bonchev–Trinajstić information content (AvgIpc) is 3.18. The maximum Gasteiger partial charge on any atom is 0.338 e. The van der Waals surface area contributed by atoms with Gasteiger partial charge >= 0.3 is 5.97 Å². The summed E-state index contributed by atoms with van der Waals surface area (Å²) in [6.07, 6.45) is -1.40. The number of hydrogen-bond donors (Lipinski definition) is 1. The van der Waals surface area contributed by atoms with Gasteiger partial charge in [-0.3, -0.25) is 0 Å². The summed E-state index contributed by atoms with van der Waals surface area (Å²) in [7, 11) is 1.61. The van der Waals surface area contributed by atoms with Gasteiger partial charge in [0.2, 0.25) is 0 Å². The van der Waals surface area contributed by atoms with Gasteiger partial charge in [-0.2, -0.15) is 0 Å². The van der Waals surface area contributed by atoms with Gasteiger partial charge in [-0.05, 0) is 69.5 Å². The van der Waals surface area contributed by atoms with E-state index in [1.165, 1.54) is 6.08 Å². The fraction of sp³-hybridized carbons (Fsp3) is 0.464. The van der Waals surface area contributed by atoms with E-state index in [1.807, 2.05) is 31.2 Å². The number of halogens is 1. The molecule has 0 aromatic heterocycles. The summed E-state index contributed by atoms with van der Waals surface area (Å²) in [5.74, 6) is -1.59. The molecule has 2 aromatic carbocycles. The summed E-state index contributed by atoms with van der Waals surface area (Å²) < 4.78 is 44.0. The number of aliphatic hydroxyl groups excluding tert-OH is 1. The summed E-state index contributed by atoms with van der Waals surface area (Å²) in [6.45, 7) is 5.42. The van der Waals surface area contributed by atoms with Crippen LogP contribution >= 0.6 is 0 Å². The Labute approximate surface area is 211 Å². The Morgan fingerprint density at radius 3 is 2.47 bits per heavy atom. The molecule has 1 aliphatic heterocycles. The molecule has 1 saturated heterocycles. The molecule has 4 atom stereocenters. The molecule has 0 amide bonds. The normalized spacial score (nSPS) is 21.1. The van der Waals surface area contributed by atoms with E-state index in [2.05, 4.69) is 0 Å². The first-order valence-electron chi connectivity index (χ1n) is 12.0. The van der Waals surface area contributed by atoms with Crippen LogP contribution in [0.15, 0.2) is 66.5 Å². The van der Waals surface area contributed by atoms with Gasteiger partial charge in [0.05, 0.1) is 31.5 Å². The lowest BCUT2D eigenvalue weighted by Crippen LogP contribution is -2.40. The summed E-state index contributed by atoms with van der Waals surface area (Å²) in [5.41, 5.74) is 1.26. The van der Waals surface area contributed by atoms with Crippen LogP contribution in [0.3, 0.4) is 0 Å². The van der Waals surface area contributed by atoms with Crippen LogP contribution in [-0.2, 0) is 25.6 Å². The standard InChI is InChI=1S/C28H35FO7/c1-19(33-18-20-11-13-22(32-4)14-12-20)10-15-23(29)25(34-27(31)21-8-6-5-7-9-21)26-24(16-17-30)35-28(2,3)36-26/h5-9,11-15,19,24-26,30H,10,16-18H2,1-4H3/t19-,24?,25?,26?/m1/s1. The minimum atomic E-state index is -1.34. The molecule has 1 N–H and O–H groups in total. The number of benzene rings is 2. The van der Waals surface area contributed by atoms with Crippen molar-refractivity contribution in [3.05, 3.63) is 77.6 Å². The SMILES string of the molecule is COc1ccc(CO[C@H](C)CC=C(F)C(OC(=O)c2ccccc2)C2OC(C)(C)OC2CCO)cc1. The van der Waals surface area contributed by atoms with Crippen LogP contribution < -0.4 is 4.74 Å². The first kappa shape index (κ1) is 27.8. The minimum Gasteiger partial charge on any atom is -0.497 e. The molecule has 1 aliphatic rings. The molecule has 0 bridgehead atoms. The predicted octanol–water partition coefficient (Wildman–Crippen LogP) is 4.97. The van der Waals surface area contributed by atoms with E-state index < -0.39 is 35.9 Å². The number of carbonyl (C=O) groups excluding carboxylic acids is 1. The largest absolute Gasteiger partial charge is 0.497 e. The molecule has 1 heterocycles. The van der Waals surface area contributed by atoms with Crippen LogP contribution in [0.4, 0.5) is 4.39 Å². The molecule has 36 heavy (non-hydrogen) atoms. The number of hydrogen-bond acceptors (Lipinski definition) is 7. The second-order valence-corrected chi connectivity index (χ2v) is 9.14. The van der Waals surface area contributed by atoms with Crippen molar-refractivity contribution in [2.24, 2.45) is 0 Å². The van der Waals surface area contributed by atoms with Crippen molar-refractivity contribution < 1.29 is 38.0 Å². The number of esters is 1. The Hall–Kier alpha value is -2.78. The number of carbonyl (C=O) groups is 1. The molecule has 3 rings (SSSR count). The summed E-state index contributed by atoms with van der Waals surface area (Å²) >= 11 is 0. The highest BCUT2D eigenvalue weighted by molar-refractivity contribution is 5.89. The number of ether oxygens (including phenoxy) is 5. The topological polar surface area (TPSA) is 83.5 Å². The fourth-order valence-electron chi connectivity index (χ4n) is 3.93. The van der Waals surface area contributed by atoms with Gasteiger partial charge in [-0.25, -0.2) is 9.18 Å². The van der Waals surface area contributed by atoms with Crippen molar-refractivity contribution >= 4 is 5.97 Å². The number of methoxy groups -OCH3 is 1. The Kier molecular flexibility index (Phi) is 10.0. The average molecular weight is 503 g/mol. The smallest absolute Gasteiger partial charge is 0.338 e. The van der Waals surface area contributed by atoms with E-state index in [1.54, 1.807) is 51.3 Å². The van der Waals surface area contributed by atoms with E-state index >= 15 is 4.39 Å². The summed E-state index contributed by atoms with van der Waals surface area (Å²) in [4.78, 5) is 12.8. The van der Waals surface area contributed by atoms with Crippen molar-refractivity contribution in [3.8, 4) is 5.75 Å². The van der Waals surface area contributed by atoms with Gasteiger partial charge in [0.15, 0.2) is 11.9 Å². The Morgan fingerprint density at radius 1 is 1.14 bits per heavy atom. The zero-order chi connectivity index (χ0) is 26.1. The third-order valence-electron chi connectivity index (χ3n) is 5.79. The molecule has 196 valence electrons. The quantitative estimate of drug-likeness (QED) is 0.410. The minimum absolute atomic E-state index is 0.179. The van der Waals surface area contributed by atoms with E-state index in [9.17, 15) is 9.90 Å². The second kappa shape index (κ2) is 13.0. The highest BCUT2D eigenvalue weighted by Gasteiger charge is 2.47. The van der Waals surface area contributed by atoms with Crippen LogP contribution in [0.2, 0.25) is 0 Å². The zero-order valence-corrected chi connectivity index (χ0v) is 21.2. The number of rotatable bonds is 12. The molecule has 7 nitrogen and oxygen atoms in total. The van der Waals surface area contributed by atoms with Gasteiger partial charge in [0.1, 0.15) is 17.7 Å². The van der Waals surface area contributed by atoms with Crippen LogP contribution in [0.5, 0.6) is 5.75 Å². The monoisotopic (exact) mass is 502 g/mol. The lowest BCUT2D eigenvalue weighted by molar-refractivity contribution is -0.155. The molecule has 1 fully saturated rings. The molecule has 0 saturated carbocycles. The molecular formula is C28H35FO7. The Morgan fingerprint density at radius 2 is 1.83 bits per heavy atom. The number of aliphatic hydroxyl groups is 1. The van der Waals surface area contributed by atoms with Crippen molar-refractivity contribution in [3.63, 3.8) is 0 Å². The Balaban J connectivity index is 1.71. The molecule has 3 unspecified atom stereocenters. The maximum absolute atomic E-state index is 15.6. The van der Waals surface area contributed by atoms with E-state index in [0.29, 0.717) is 12.2 Å². The highest BCUT2D eigenvalue weighted by atomic mass is 19.1. The van der Waals surface area contributed by atoms with Crippen molar-refractivity contribution in [1.82, 2.24) is 0 Å². The lowest BCUT2D eigenvalue weighted by atomic mass is 10.0. The van der Waals surface area contributed by atoms with E-state index in [4.69, 9.17) is 23.7 Å². The fourth-order valence-corrected chi connectivity index (χ4v) is 3.93. The highest BCUT2D eigenvalue weighted by Crippen LogP contribution is 2.35. The summed E-state index contributed by atoms with van der Waals surface area (Å²) in [6, 6.07) is 15.9. The maximum atomic E-state index is 15.6. The van der Waals surface area contributed by atoms with Crippen LogP contribution in [0.1, 0.15) is 49.5 Å². The van der Waals surface area contributed by atoms with Gasteiger partial charge < -0.3 is 28.8 Å². The lowest BCUT2D eigenvalue weighted by Gasteiger charge is -2.26. The molecule has 0 aliphatic carbocycles. The Bertz CT molecular complexity index is 991. The summed E-state index contributed by atoms with van der Waals surface area (Å²) in [5, 5.41) is 9.48. The predicted molar refractivity (Wildman–Crippen MR) is 132 cm³/mol.